The number of fused-ring (bicyclic) bond motifs is 1. The summed E-state index contributed by atoms with van der Waals surface area (Å²) in [6, 6.07) is 14.0. The van der Waals surface area contributed by atoms with Gasteiger partial charge in [-0.05, 0) is 35.9 Å². The second kappa shape index (κ2) is 6.24. The molecule has 0 unspecified atom stereocenters. The van der Waals surface area contributed by atoms with Gasteiger partial charge in [-0.2, -0.15) is 0 Å². The van der Waals surface area contributed by atoms with Crippen molar-refractivity contribution in [3.05, 3.63) is 65.3 Å². The van der Waals surface area contributed by atoms with Gasteiger partial charge in [0.2, 0.25) is 10.0 Å². The van der Waals surface area contributed by atoms with Gasteiger partial charge in [-0.3, -0.25) is 0 Å². The summed E-state index contributed by atoms with van der Waals surface area (Å²) in [6.07, 6.45) is 1.91. The molecule has 4 nitrogen and oxygen atoms in total. The SMILES string of the molecule is CC(C)(CNS(=O)(=O)c1ccccc1)c1c[nH]c2ccc(Cl)cc12. The fraction of sp³-hybridized carbons (Fsp3) is 0.222. The van der Waals surface area contributed by atoms with E-state index in [9.17, 15) is 8.42 Å². The number of rotatable bonds is 5. The topological polar surface area (TPSA) is 62.0 Å². The molecule has 0 bridgehead atoms. The molecular formula is C18H19ClN2O2S. The first-order chi connectivity index (χ1) is 11.3. The van der Waals surface area contributed by atoms with Crippen LogP contribution in [0.2, 0.25) is 5.02 Å². The molecule has 1 heterocycles. The number of aromatic amines is 1. The minimum absolute atomic E-state index is 0.266. The van der Waals surface area contributed by atoms with Crippen molar-refractivity contribution in [1.29, 1.82) is 0 Å². The zero-order valence-corrected chi connectivity index (χ0v) is 15.1. The lowest BCUT2D eigenvalue weighted by Crippen LogP contribution is -2.36. The van der Waals surface area contributed by atoms with Crippen molar-refractivity contribution in [2.24, 2.45) is 0 Å². The van der Waals surface area contributed by atoms with Crippen molar-refractivity contribution in [1.82, 2.24) is 9.71 Å². The third-order valence-corrected chi connectivity index (χ3v) is 5.78. The van der Waals surface area contributed by atoms with Crippen LogP contribution in [-0.4, -0.2) is 19.9 Å². The maximum absolute atomic E-state index is 12.4. The van der Waals surface area contributed by atoms with Crippen LogP contribution in [0.15, 0.2) is 59.6 Å². The Morgan fingerprint density at radius 1 is 1.12 bits per heavy atom. The summed E-state index contributed by atoms with van der Waals surface area (Å²) in [5.74, 6) is 0. The van der Waals surface area contributed by atoms with E-state index in [1.807, 2.05) is 38.2 Å². The molecular weight excluding hydrogens is 344 g/mol. The van der Waals surface area contributed by atoms with Gasteiger partial charge >= 0.3 is 0 Å². The average Bonchev–Trinajstić information content (AvgIpc) is 2.98. The van der Waals surface area contributed by atoms with Gasteiger partial charge in [0.15, 0.2) is 0 Å². The standard InChI is InChI=1S/C18H19ClN2O2S/c1-18(2,12-21-24(22,23)14-6-4-3-5-7-14)16-11-20-17-9-8-13(19)10-15(16)17/h3-11,20-21H,12H2,1-2H3. The lowest BCUT2D eigenvalue weighted by atomic mass is 9.85. The molecule has 3 aromatic rings. The second-order valence-electron chi connectivity index (χ2n) is 6.41. The molecule has 0 atom stereocenters. The fourth-order valence-corrected chi connectivity index (χ4v) is 4.11. The molecule has 0 amide bonds. The average molecular weight is 363 g/mol. The Morgan fingerprint density at radius 2 is 1.83 bits per heavy atom. The molecule has 0 aliphatic rings. The second-order valence-corrected chi connectivity index (χ2v) is 8.62. The number of halogens is 1. The van der Waals surface area contributed by atoms with E-state index >= 15 is 0 Å². The zero-order valence-electron chi connectivity index (χ0n) is 13.5. The molecule has 1 aromatic heterocycles. The molecule has 0 aliphatic heterocycles. The fourth-order valence-electron chi connectivity index (χ4n) is 2.71. The summed E-state index contributed by atoms with van der Waals surface area (Å²) < 4.78 is 27.6. The van der Waals surface area contributed by atoms with Crippen molar-refractivity contribution in [2.75, 3.05) is 6.54 Å². The van der Waals surface area contributed by atoms with Crippen LogP contribution in [0.3, 0.4) is 0 Å². The number of nitrogens with one attached hydrogen (secondary N) is 2. The monoisotopic (exact) mass is 362 g/mol. The third kappa shape index (κ3) is 3.34. The molecule has 126 valence electrons. The van der Waals surface area contributed by atoms with Gasteiger partial charge < -0.3 is 4.98 Å². The molecule has 0 saturated carbocycles. The summed E-state index contributed by atoms with van der Waals surface area (Å²) in [5, 5.41) is 1.66. The highest BCUT2D eigenvalue weighted by Crippen LogP contribution is 2.31. The van der Waals surface area contributed by atoms with E-state index in [1.165, 1.54) is 0 Å². The number of hydrogen-bond donors (Lipinski definition) is 2. The maximum Gasteiger partial charge on any atom is 0.240 e. The molecule has 0 fully saturated rings. The first-order valence-electron chi connectivity index (χ1n) is 7.61. The molecule has 6 heteroatoms. The van der Waals surface area contributed by atoms with Crippen LogP contribution in [0.5, 0.6) is 0 Å². The number of sulfonamides is 1. The quantitative estimate of drug-likeness (QED) is 0.718. The van der Waals surface area contributed by atoms with Crippen LogP contribution in [0.25, 0.3) is 10.9 Å². The predicted molar refractivity (Wildman–Crippen MR) is 98.0 cm³/mol. The minimum Gasteiger partial charge on any atom is -0.361 e. The first-order valence-corrected chi connectivity index (χ1v) is 9.47. The van der Waals surface area contributed by atoms with E-state index in [0.717, 1.165) is 16.5 Å². The normalized spacial score (nSPS) is 12.6. The van der Waals surface area contributed by atoms with E-state index in [0.29, 0.717) is 5.02 Å². The summed E-state index contributed by atoms with van der Waals surface area (Å²) >= 11 is 6.10. The Balaban J connectivity index is 1.87. The molecule has 2 N–H and O–H groups in total. The first kappa shape index (κ1) is 17.0. The van der Waals surface area contributed by atoms with Gasteiger partial charge in [0, 0.05) is 34.1 Å². The molecule has 0 spiro atoms. The van der Waals surface area contributed by atoms with Crippen LogP contribution >= 0.6 is 11.6 Å². The summed E-state index contributed by atoms with van der Waals surface area (Å²) in [7, 11) is -3.53. The van der Waals surface area contributed by atoms with Crippen molar-refractivity contribution in [3.63, 3.8) is 0 Å². The number of hydrogen-bond acceptors (Lipinski definition) is 2. The highest BCUT2D eigenvalue weighted by molar-refractivity contribution is 7.89. The summed E-state index contributed by atoms with van der Waals surface area (Å²) in [6.45, 7) is 4.29. The van der Waals surface area contributed by atoms with E-state index in [4.69, 9.17) is 11.6 Å². The Hall–Kier alpha value is -1.82. The van der Waals surface area contributed by atoms with Crippen molar-refractivity contribution < 1.29 is 8.42 Å². The zero-order chi connectivity index (χ0) is 17.4. The lowest BCUT2D eigenvalue weighted by molar-refractivity contribution is 0.505. The molecule has 0 radical (unpaired) electrons. The van der Waals surface area contributed by atoms with Crippen molar-refractivity contribution in [2.45, 2.75) is 24.2 Å². The lowest BCUT2D eigenvalue weighted by Gasteiger charge is -2.25. The highest BCUT2D eigenvalue weighted by Gasteiger charge is 2.26. The van der Waals surface area contributed by atoms with Crippen LogP contribution < -0.4 is 4.72 Å². The van der Waals surface area contributed by atoms with Crippen LogP contribution in [-0.2, 0) is 15.4 Å². The predicted octanol–water partition coefficient (Wildman–Crippen LogP) is 4.08. The highest BCUT2D eigenvalue weighted by atomic mass is 35.5. The number of aromatic nitrogens is 1. The van der Waals surface area contributed by atoms with Gasteiger partial charge in [0.1, 0.15) is 0 Å². The Kier molecular flexibility index (Phi) is 4.42. The maximum atomic E-state index is 12.4. The van der Waals surface area contributed by atoms with E-state index < -0.39 is 15.4 Å². The van der Waals surface area contributed by atoms with Crippen molar-refractivity contribution >= 4 is 32.5 Å². The third-order valence-electron chi connectivity index (χ3n) is 4.13. The molecule has 3 rings (SSSR count). The van der Waals surface area contributed by atoms with Gasteiger partial charge in [-0.15, -0.1) is 0 Å². The minimum atomic E-state index is -3.53. The molecule has 24 heavy (non-hydrogen) atoms. The Labute approximate surface area is 146 Å². The van der Waals surface area contributed by atoms with E-state index in [2.05, 4.69) is 9.71 Å². The van der Waals surface area contributed by atoms with Crippen LogP contribution in [0.1, 0.15) is 19.4 Å². The summed E-state index contributed by atoms with van der Waals surface area (Å²) in [4.78, 5) is 3.48. The molecule has 0 saturated heterocycles. The van der Waals surface area contributed by atoms with Crippen molar-refractivity contribution in [3.8, 4) is 0 Å². The Bertz CT molecular complexity index is 963. The van der Waals surface area contributed by atoms with E-state index in [-0.39, 0.29) is 11.4 Å². The van der Waals surface area contributed by atoms with Gasteiger partial charge in [-0.25, -0.2) is 13.1 Å². The van der Waals surface area contributed by atoms with E-state index in [1.54, 1.807) is 30.3 Å². The molecule has 2 aromatic carbocycles. The van der Waals surface area contributed by atoms with Crippen LogP contribution in [0, 0.1) is 0 Å². The summed E-state index contributed by atoms with van der Waals surface area (Å²) in [5.41, 5.74) is 1.61. The smallest absolute Gasteiger partial charge is 0.240 e. The van der Waals surface area contributed by atoms with Gasteiger partial charge in [0.05, 0.1) is 4.90 Å². The number of benzene rings is 2. The molecule has 0 aliphatic carbocycles. The largest absolute Gasteiger partial charge is 0.361 e. The van der Waals surface area contributed by atoms with Gasteiger partial charge in [0.25, 0.3) is 0 Å². The van der Waals surface area contributed by atoms with Gasteiger partial charge in [-0.1, -0.05) is 43.6 Å². The number of H-pyrrole nitrogens is 1. The Morgan fingerprint density at radius 3 is 2.54 bits per heavy atom. The van der Waals surface area contributed by atoms with Crippen LogP contribution in [0.4, 0.5) is 0 Å².